The van der Waals surface area contributed by atoms with E-state index in [1.54, 1.807) is 24.1 Å². The van der Waals surface area contributed by atoms with Crippen molar-refractivity contribution in [2.24, 2.45) is 28.0 Å². The summed E-state index contributed by atoms with van der Waals surface area (Å²) in [6.45, 7) is 6.37. The van der Waals surface area contributed by atoms with Gasteiger partial charge in [0.25, 0.3) is 11.8 Å². The average molecular weight is 720 g/mol. The molecule has 2 aliphatic heterocycles. The van der Waals surface area contributed by atoms with Gasteiger partial charge in [-0.15, -0.1) is 4.36 Å². The van der Waals surface area contributed by atoms with Crippen molar-refractivity contribution >= 4 is 39.0 Å². The van der Waals surface area contributed by atoms with Crippen molar-refractivity contribution < 1.29 is 23.3 Å². The third kappa shape index (κ3) is 7.50. The van der Waals surface area contributed by atoms with Crippen LogP contribution in [0.25, 0.3) is 0 Å². The first-order chi connectivity index (χ1) is 24.1. The van der Waals surface area contributed by atoms with Gasteiger partial charge in [0.15, 0.2) is 0 Å². The van der Waals surface area contributed by atoms with Crippen LogP contribution in [0.3, 0.4) is 0 Å². The first-order valence-electron chi connectivity index (χ1n) is 17.8. The number of aromatic nitrogens is 2. The van der Waals surface area contributed by atoms with Crippen LogP contribution in [0.5, 0.6) is 5.75 Å². The molecule has 1 aromatic heterocycles. The highest BCUT2D eigenvalue weighted by Crippen LogP contribution is 2.52. The summed E-state index contributed by atoms with van der Waals surface area (Å²) in [5, 5.41) is 4.91. The molecule has 3 aromatic rings. The predicted molar refractivity (Wildman–Crippen MR) is 195 cm³/mol. The molecule has 2 fully saturated rings. The van der Waals surface area contributed by atoms with Gasteiger partial charge in [-0.05, 0) is 110 Å². The van der Waals surface area contributed by atoms with Gasteiger partial charge >= 0.3 is 0 Å². The molecule has 50 heavy (non-hydrogen) atoms. The van der Waals surface area contributed by atoms with Crippen molar-refractivity contribution in [2.75, 3.05) is 30.9 Å². The maximum absolute atomic E-state index is 14.5. The van der Waals surface area contributed by atoms with Gasteiger partial charge < -0.3 is 14.4 Å². The van der Waals surface area contributed by atoms with Crippen molar-refractivity contribution in [3.8, 4) is 5.75 Å². The lowest BCUT2D eigenvalue weighted by Gasteiger charge is -2.43. The monoisotopic (exact) mass is 719 g/mol. The first-order valence-corrected chi connectivity index (χ1v) is 19.8. The summed E-state index contributed by atoms with van der Waals surface area (Å²) in [5.74, 6) is 1.01. The van der Waals surface area contributed by atoms with Crippen molar-refractivity contribution in [3.05, 3.63) is 88.2 Å². The van der Waals surface area contributed by atoms with E-state index < -0.39 is 21.7 Å². The molecular formula is C38H46ClN5O5S. The summed E-state index contributed by atoms with van der Waals surface area (Å²) in [6, 6.07) is 11.6. The van der Waals surface area contributed by atoms with E-state index in [2.05, 4.69) is 43.4 Å². The van der Waals surface area contributed by atoms with Crippen LogP contribution in [0.15, 0.2) is 65.3 Å². The molecule has 2 aliphatic carbocycles. The molecule has 0 spiro atoms. The van der Waals surface area contributed by atoms with E-state index in [0.29, 0.717) is 55.5 Å². The summed E-state index contributed by atoms with van der Waals surface area (Å²) < 4.78 is 35.5. The number of allylic oxidation sites excluding steroid dienone is 1. The molecule has 10 nitrogen and oxygen atoms in total. The smallest absolute Gasteiger partial charge is 0.286 e. The maximum Gasteiger partial charge on any atom is 0.286 e. The number of anilines is 1. The highest BCUT2D eigenvalue weighted by Gasteiger charge is 2.41. The SMILES string of the molecule is CCn1cc(C(=O)N[S@@]2(=O)=NC(=O)c3ccc4c(c3)N(Cc3ccc(Cl)cc3[C@H]3C[C@H]3CCO4)C[C@@H]3CC[C@H]3[C@@H](OC)/C=C/C[C@H](C)C2)cn1. The lowest BCUT2D eigenvalue weighted by molar-refractivity contribution is 0.0133. The second-order valence-electron chi connectivity index (χ2n) is 14.3. The summed E-state index contributed by atoms with van der Waals surface area (Å²) in [7, 11) is -1.77. The molecule has 1 N–H and O–H groups in total. The van der Waals surface area contributed by atoms with Crippen LogP contribution in [0.2, 0.25) is 5.02 Å². The molecule has 266 valence electrons. The number of fused-ring (bicyclic) bond motifs is 5. The Labute approximate surface area is 299 Å². The second kappa shape index (κ2) is 14.5. The lowest BCUT2D eigenvalue weighted by atomic mass is 9.70. The van der Waals surface area contributed by atoms with Crippen LogP contribution < -0.4 is 14.4 Å². The molecule has 12 heteroatoms. The number of benzene rings is 2. The number of methoxy groups -OCH3 is 1. The number of halogens is 1. The van der Waals surface area contributed by atoms with Gasteiger partial charge in [-0.1, -0.05) is 36.7 Å². The molecule has 0 unspecified atom stereocenters. The molecule has 4 aliphatic rings. The second-order valence-corrected chi connectivity index (χ2v) is 16.8. The Bertz CT molecular complexity index is 1920. The third-order valence-electron chi connectivity index (χ3n) is 10.8. The Morgan fingerprint density at radius 1 is 1.16 bits per heavy atom. The zero-order chi connectivity index (χ0) is 35.0. The van der Waals surface area contributed by atoms with Gasteiger partial charge in [0.1, 0.15) is 15.7 Å². The Morgan fingerprint density at radius 2 is 2.02 bits per heavy atom. The quantitative estimate of drug-likeness (QED) is 0.288. The van der Waals surface area contributed by atoms with Gasteiger partial charge in [0, 0.05) is 43.5 Å². The van der Waals surface area contributed by atoms with Crippen LogP contribution in [-0.2, 0) is 27.7 Å². The Morgan fingerprint density at radius 3 is 2.78 bits per heavy atom. The molecular weight excluding hydrogens is 674 g/mol. The molecule has 0 radical (unpaired) electrons. The summed E-state index contributed by atoms with van der Waals surface area (Å²) >= 11 is 6.54. The minimum atomic E-state index is -3.53. The van der Waals surface area contributed by atoms with Gasteiger partial charge in [-0.2, -0.15) is 5.10 Å². The number of carbonyl (C=O) groups excluding carboxylic acids is 2. The van der Waals surface area contributed by atoms with Crippen molar-refractivity contribution in [3.63, 3.8) is 0 Å². The normalized spacial score (nSPS) is 30.2. The van der Waals surface area contributed by atoms with Gasteiger partial charge in [-0.3, -0.25) is 19.0 Å². The Hall–Kier alpha value is -3.67. The van der Waals surface area contributed by atoms with E-state index in [-0.39, 0.29) is 28.9 Å². The fourth-order valence-corrected chi connectivity index (χ4v) is 9.85. The topological polar surface area (TPSA) is 115 Å². The fraction of sp³-hybridized carbons (Fsp3) is 0.500. The van der Waals surface area contributed by atoms with Crippen LogP contribution >= 0.6 is 11.6 Å². The number of carbonyl (C=O) groups is 2. The maximum atomic E-state index is 14.5. The molecule has 2 saturated carbocycles. The molecule has 0 saturated heterocycles. The molecule has 3 heterocycles. The number of hydrogen-bond acceptors (Lipinski definition) is 7. The van der Waals surface area contributed by atoms with Crippen molar-refractivity contribution in [1.82, 2.24) is 14.5 Å². The lowest BCUT2D eigenvalue weighted by Crippen LogP contribution is -2.43. The fourth-order valence-electron chi connectivity index (χ4n) is 7.77. The van der Waals surface area contributed by atoms with Crippen molar-refractivity contribution in [1.29, 1.82) is 0 Å². The number of hydrogen-bond donors (Lipinski definition) is 1. The summed E-state index contributed by atoms with van der Waals surface area (Å²) in [4.78, 5) is 29.6. The standard InChI is InChI=1S/C38H46ClN5O5S/c1-4-44-22-29(19-40-44)38(46)42-50(47)23-24(2)6-5-7-35(48-3)31-12-9-27(31)20-43-21-28-8-11-30(39)18-33(28)32-16-25(32)14-15-49-36-13-10-26(17-34(36)43)37(45)41-50/h5,7-8,10-11,13,17-19,22,24-25,27,31-32,35H,4,6,9,12,14-16,20-21,23H2,1-3H3,(H,41,42,45,46,47)/b7-5+/t24-,25+,27-,31+,32-,35-,50-/m0/s1. The zero-order valence-corrected chi connectivity index (χ0v) is 30.5. The third-order valence-corrected chi connectivity index (χ3v) is 13.0. The zero-order valence-electron chi connectivity index (χ0n) is 28.9. The van der Waals surface area contributed by atoms with Crippen molar-refractivity contribution in [2.45, 2.75) is 71.1 Å². The van der Waals surface area contributed by atoms with Crippen LogP contribution in [0.1, 0.15) is 83.7 Å². The van der Waals surface area contributed by atoms with E-state index in [4.69, 9.17) is 21.1 Å². The highest BCUT2D eigenvalue weighted by molar-refractivity contribution is 7.92. The Balaban J connectivity index is 1.31. The molecule has 7 atom stereocenters. The molecule has 2 bridgehead atoms. The van der Waals surface area contributed by atoms with Crippen LogP contribution in [0, 0.1) is 23.7 Å². The number of amides is 2. The molecule has 2 amide bonds. The van der Waals surface area contributed by atoms with E-state index in [9.17, 15) is 13.8 Å². The Kier molecular flexibility index (Phi) is 10.1. The van der Waals surface area contributed by atoms with Gasteiger partial charge in [0.2, 0.25) is 0 Å². The first kappa shape index (κ1) is 34.8. The summed E-state index contributed by atoms with van der Waals surface area (Å²) in [5.41, 5.74) is 3.84. The predicted octanol–water partition coefficient (Wildman–Crippen LogP) is 7.04. The minimum absolute atomic E-state index is 0.00227. The van der Waals surface area contributed by atoms with E-state index >= 15 is 0 Å². The van der Waals surface area contributed by atoms with Gasteiger partial charge in [-0.25, -0.2) is 4.21 Å². The number of rotatable bonds is 4. The van der Waals surface area contributed by atoms with Crippen LogP contribution in [-0.4, -0.2) is 57.9 Å². The highest BCUT2D eigenvalue weighted by atomic mass is 35.5. The van der Waals surface area contributed by atoms with E-state index in [1.165, 1.54) is 17.3 Å². The summed E-state index contributed by atoms with van der Waals surface area (Å²) in [6.07, 6.45) is 11.9. The van der Waals surface area contributed by atoms with E-state index in [1.807, 2.05) is 32.0 Å². The number of ether oxygens (including phenoxy) is 2. The molecule has 7 rings (SSSR count). The van der Waals surface area contributed by atoms with Gasteiger partial charge in [0.05, 0.1) is 35.9 Å². The van der Waals surface area contributed by atoms with Crippen LogP contribution in [0.4, 0.5) is 5.69 Å². The number of nitrogens with zero attached hydrogens (tertiary/aromatic N) is 4. The number of nitrogens with one attached hydrogen (secondary N) is 1. The minimum Gasteiger partial charge on any atom is -0.491 e. The average Bonchev–Trinajstić information content (AvgIpc) is 3.67. The largest absolute Gasteiger partial charge is 0.491 e. The molecule has 2 aromatic carbocycles. The van der Waals surface area contributed by atoms with E-state index in [0.717, 1.165) is 42.9 Å². The number of aryl methyl sites for hydroxylation is 1.